The van der Waals surface area contributed by atoms with E-state index in [0.29, 0.717) is 27.7 Å². The number of H-pyrrole nitrogens is 1. The van der Waals surface area contributed by atoms with Gasteiger partial charge in [0.1, 0.15) is 5.82 Å². The summed E-state index contributed by atoms with van der Waals surface area (Å²) in [5.41, 5.74) is 4.19. The number of amides is 1. The first-order valence-electron chi connectivity index (χ1n) is 8.68. The molecule has 0 atom stereocenters. The number of rotatable bonds is 4. The molecular weight excluding hydrogens is 374 g/mol. The van der Waals surface area contributed by atoms with E-state index in [0.717, 1.165) is 16.6 Å². The minimum Gasteiger partial charge on any atom is -0.338 e. The highest BCUT2D eigenvalue weighted by atomic mass is 35.5. The predicted molar refractivity (Wildman–Crippen MR) is 111 cm³/mol. The molecule has 0 bridgehead atoms. The number of aromatic nitrogens is 2. The number of aromatic amines is 1. The van der Waals surface area contributed by atoms with Gasteiger partial charge in [0.05, 0.1) is 11.0 Å². The summed E-state index contributed by atoms with van der Waals surface area (Å²) >= 11 is 6.01. The normalized spacial score (nSPS) is 10.8. The van der Waals surface area contributed by atoms with Crippen molar-refractivity contribution in [2.24, 2.45) is 0 Å². The quantitative estimate of drug-likeness (QED) is 0.463. The maximum atomic E-state index is 12.5. The Balaban J connectivity index is 1.54. The number of imidazole rings is 1. The van der Waals surface area contributed by atoms with Crippen molar-refractivity contribution in [1.29, 1.82) is 0 Å². The van der Waals surface area contributed by atoms with Crippen molar-refractivity contribution < 1.29 is 9.59 Å². The van der Waals surface area contributed by atoms with E-state index in [1.54, 1.807) is 42.5 Å². The number of nitrogens with one attached hydrogen (secondary N) is 2. The van der Waals surface area contributed by atoms with Crippen LogP contribution in [0.1, 0.15) is 27.6 Å². The Labute approximate surface area is 166 Å². The Hall–Kier alpha value is -3.44. The molecule has 0 radical (unpaired) electrons. The van der Waals surface area contributed by atoms with Gasteiger partial charge in [-0.25, -0.2) is 4.98 Å². The molecule has 0 spiro atoms. The van der Waals surface area contributed by atoms with E-state index < -0.39 is 0 Å². The van der Waals surface area contributed by atoms with Gasteiger partial charge in [-0.15, -0.1) is 0 Å². The van der Waals surface area contributed by atoms with Gasteiger partial charge in [0.2, 0.25) is 0 Å². The van der Waals surface area contributed by atoms with Gasteiger partial charge in [0.15, 0.2) is 5.78 Å². The van der Waals surface area contributed by atoms with E-state index in [9.17, 15) is 9.59 Å². The topological polar surface area (TPSA) is 74.8 Å². The van der Waals surface area contributed by atoms with Crippen molar-refractivity contribution in [3.63, 3.8) is 0 Å². The summed E-state index contributed by atoms with van der Waals surface area (Å²) < 4.78 is 0. The molecule has 28 heavy (non-hydrogen) atoms. The number of halogens is 1. The second kappa shape index (κ2) is 7.29. The number of nitrogens with zero attached hydrogens (tertiary/aromatic N) is 1. The van der Waals surface area contributed by atoms with Crippen LogP contribution in [0.25, 0.3) is 22.4 Å². The van der Waals surface area contributed by atoms with Crippen LogP contribution in [-0.2, 0) is 0 Å². The number of carbonyl (C=O) groups is 2. The minimum atomic E-state index is -0.247. The molecule has 2 N–H and O–H groups in total. The maximum Gasteiger partial charge on any atom is 0.255 e. The summed E-state index contributed by atoms with van der Waals surface area (Å²) in [7, 11) is 0. The number of carbonyl (C=O) groups excluding carboxylic acids is 2. The molecule has 0 saturated carbocycles. The summed E-state index contributed by atoms with van der Waals surface area (Å²) in [5, 5.41) is 3.45. The number of fused-ring (bicyclic) bond motifs is 1. The van der Waals surface area contributed by atoms with Gasteiger partial charge in [-0.1, -0.05) is 35.9 Å². The van der Waals surface area contributed by atoms with Crippen LogP contribution in [0.4, 0.5) is 5.69 Å². The molecule has 0 aliphatic carbocycles. The highest BCUT2D eigenvalue weighted by Crippen LogP contribution is 2.23. The number of anilines is 1. The Bertz CT molecular complexity index is 1200. The lowest BCUT2D eigenvalue weighted by molar-refractivity contribution is 0.101. The fourth-order valence-electron chi connectivity index (χ4n) is 2.92. The Kier molecular flexibility index (Phi) is 4.67. The first kappa shape index (κ1) is 17.9. The van der Waals surface area contributed by atoms with Gasteiger partial charge in [0.25, 0.3) is 5.91 Å². The zero-order chi connectivity index (χ0) is 19.7. The van der Waals surface area contributed by atoms with Gasteiger partial charge in [-0.2, -0.15) is 0 Å². The molecule has 0 aliphatic heterocycles. The van der Waals surface area contributed by atoms with Crippen molar-refractivity contribution in [2.45, 2.75) is 6.92 Å². The molecule has 138 valence electrons. The highest BCUT2D eigenvalue weighted by molar-refractivity contribution is 6.31. The third-order valence-corrected chi connectivity index (χ3v) is 4.63. The van der Waals surface area contributed by atoms with Crippen molar-refractivity contribution in [2.75, 3.05) is 5.32 Å². The van der Waals surface area contributed by atoms with Gasteiger partial charge < -0.3 is 10.3 Å². The lowest BCUT2D eigenvalue weighted by atomic mass is 10.1. The fourth-order valence-corrected chi connectivity index (χ4v) is 3.09. The molecular formula is C22H16ClN3O2. The summed E-state index contributed by atoms with van der Waals surface area (Å²) in [5.74, 6) is 0.412. The molecule has 1 amide bonds. The van der Waals surface area contributed by atoms with E-state index in [-0.39, 0.29) is 11.7 Å². The van der Waals surface area contributed by atoms with Crippen molar-refractivity contribution >= 4 is 40.0 Å². The average Bonchev–Trinajstić information content (AvgIpc) is 3.11. The third kappa shape index (κ3) is 3.66. The zero-order valence-electron chi connectivity index (χ0n) is 15.0. The van der Waals surface area contributed by atoms with Crippen LogP contribution in [-0.4, -0.2) is 21.7 Å². The van der Waals surface area contributed by atoms with Crippen LogP contribution in [0.2, 0.25) is 5.02 Å². The molecule has 6 heteroatoms. The lowest BCUT2D eigenvalue weighted by Gasteiger charge is -2.07. The van der Waals surface area contributed by atoms with E-state index in [1.807, 2.05) is 24.3 Å². The van der Waals surface area contributed by atoms with Gasteiger partial charge in [0, 0.05) is 27.4 Å². The summed E-state index contributed by atoms with van der Waals surface area (Å²) in [6, 6.07) is 19.5. The largest absolute Gasteiger partial charge is 0.338 e. The van der Waals surface area contributed by atoms with Crippen LogP contribution in [0, 0.1) is 0 Å². The van der Waals surface area contributed by atoms with Crippen LogP contribution in [0.5, 0.6) is 0 Å². The van der Waals surface area contributed by atoms with Crippen LogP contribution in [0.15, 0.2) is 66.7 Å². The molecule has 5 nitrogen and oxygen atoms in total. The number of ketones is 1. The Morgan fingerprint density at radius 3 is 2.50 bits per heavy atom. The molecule has 3 aromatic carbocycles. The minimum absolute atomic E-state index is 0.0485. The first-order valence-corrected chi connectivity index (χ1v) is 9.05. The van der Waals surface area contributed by atoms with E-state index in [4.69, 9.17) is 11.6 Å². The molecule has 1 aromatic heterocycles. The number of hydrogen-bond acceptors (Lipinski definition) is 3. The third-order valence-electron chi connectivity index (χ3n) is 4.39. The monoisotopic (exact) mass is 389 g/mol. The van der Waals surface area contributed by atoms with Gasteiger partial charge >= 0.3 is 0 Å². The highest BCUT2D eigenvalue weighted by Gasteiger charge is 2.10. The van der Waals surface area contributed by atoms with Crippen LogP contribution in [0.3, 0.4) is 0 Å². The Morgan fingerprint density at radius 2 is 1.75 bits per heavy atom. The van der Waals surface area contributed by atoms with E-state index in [1.165, 1.54) is 6.92 Å². The van der Waals surface area contributed by atoms with Crippen LogP contribution >= 0.6 is 11.6 Å². The Morgan fingerprint density at radius 1 is 0.964 bits per heavy atom. The van der Waals surface area contributed by atoms with Gasteiger partial charge in [-0.3, -0.25) is 9.59 Å². The SMILES string of the molecule is CC(=O)c1cccc(NC(=O)c2ccc(-c3nc4ccc(Cl)cc4[nH]3)cc2)c1. The van der Waals surface area contributed by atoms with Crippen LogP contribution < -0.4 is 5.32 Å². The fraction of sp³-hybridized carbons (Fsp3) is 0.0455. The molecule has 4 aromatic rings. The van der Waals surface area contributed by atoms with Crippen molar-refractivity contribution in [3.05, 3.63) is 82.9 Å². The molecule has 0 aliphatic rings. The number of hydrogen-bond donors (Lipinski definition) is 2. The first-order chi connectivity index (χ1) is 13.5. The lowest BCUT2D eigenvalue weighted by Crippen LogP contribution is -2.12. The number of Topliss-reactive ketones (excluding diaryl/α,β-unsaturated/α-hetero) is 1. The predicted octanol–water partition coefficient (Wildman–Crippen LogP) is 5.34. The second-order valence-corrected chi connectivity index (χ2v) is 6.85. The standard InChI is InChI=1S/C22H16ClN3O2/c1-13(27)16-3-2-4-18(11-16)24-22(28)15-7-5-14(6-8-15)21-25-19-10-9-17(23)12-20(19)26-21/h2-12H,1H3,(H,24,28)(H,25,26). The summed E-state index contributed by atoms with van der Waals surface area (Å²) in [6.45, 7) is 1.49. The molecule has 0 unspecified atom stereocenters. The van der Waals surface area contributed by atoms with Crippen molar-refractivity contribution in [1.82, 2.24) is 9.97 Å². The smallest absolute Gasteiger partial charge is 0.255 e. The summed E-state index contributed by atoms with van der Waals surface area (Å²) in [6.07, 6.45) is 0. The second-order valence-electron chi connectivity index (χ2n) is 6.42. The molecule has 0 fully saturated rings. The van der Waals surface area contributed by atoms with E-state index >= 15 is 0 Å². The summed E-state index contributed by atoms with van der Waals surface area (Å²) in [4.78, 5) is 31.7. The molecule has 0 saturated heterocycles. The number of benzene rings is 3. The average molecular weight is 390 g/mol. The van der Waals surface area contributed by atoms with Gasteiger partial charge in [-0.05, 0) is 49.4 Å². The molecule has 4 rings (SSSR count). The maximum absolute atomic E-state index is 12.5. The molecule has 1 heterocycles. The van der Waals surface area contributed by atoms with Crippen molar-refractivity contribution in [3.8, 4) is 11.4 Å². The van der Waals surface area contributed by atoms with E-state index in [2.05, 4.69) is 15.3 Å². The zero-order valence-corrected chi connectivity index (χ0v) is 15.7.